The summed E-state index contributed by atoms with van der Waals surface area (Å²) in [6.45, 7) is 10.3. The van der Waals surface area contributed by atoms with E-state index in [1.165, 1.54) is 0 Å². The zero-order chi connectivity index (χ0) is 29.6. The molecule has 6 rings (SSSR count). The molecule has 0 saturated carbocycles. The van der Waals surface area contributed by atoms with Crippen LogP contribution >= 0.6 is 0 Å². The number of aliphatic hydroxyl groups is 1. The Morgan fingerprint density at radius 2 is 1.64 bits per heavy atom. The van der Waals surface area contributed by atoms with Gasteiger partial charge in [-0.25, -0.2) is 0 Å². The normalized spacial score (nSPS) is 34.0. The van der Waals surface area contributed by atoms with Gasteiger partial charge in [-0.2, -0.15) is 0 Å². The second-order valence-corrected chi connectivity index (χ2v) is 12.6. The van der Waals surface area contributed by atoms with Gasteiger partial charge in [0.25, 0.3) is 0 Å². The summed E-state index contributed by atoms with van der Waals surface area (Å²) in [7, 11) is 0. The van der Waals surface area contributed by atoms with E-state index in [2.05, 4.69) is 4.90 Å². The predicted octanol–water partition coefficient (Wildman–Crippen LogP) is 1.31. The fourth-order valence-corrected chi connectivity index (χ4v) is 7.61. The highest BCUT2D eigenvalue weighted by atomic mass is 16.5. The molecule has 5 aliphatic rings. The van der Waals surface area contributed by atoms with Gasteiger partial charge < -0.3 is 29.3 Å². The summed E-state index contributed by atoms with van der Waals surface area (Å²) in [6, 6.07) is 7.84. The van der Waals surface area contributed by atoms with E-state index in [0.717, 1.165) is 18.8 Å². The Morgan fingerprint density at radius 3 is 2.33 bits per heavy atom. The Balaban J connectivity index is 1.41. The summed E-state index contributed by atoms with van der Waals surface area (Å²) < 4.78 is 12.4. The third-order valence-electron chi connectivity index (χ3n) is 9.75. The second kappa shape index (κ2) is 11.2. The van der Waals surface area contributed by atoms with Gasteiger partial charge >= 0.3 is 0 Å². The third kappa shape index (κ3) is 4.59. The van der Waals surface area contributed by atoms with Crippen LogP contribution in [0.3, 0.4) is 0 Å². The summed E-state index contributed by atoms with van der Waals surface area (Å²) in [5, 5.41) is 10.5. The zero-order valence-electron chi connectivity index (χ0n) is 24.7. The molecule has 10 nitrogen and oxygen atoms in total. The molecule has 0 aromatic heterocycles. The number of aliphatic hydroxyl groups excluding tert-OH is 1. The molecule has 1 aromatic carbocycles. The first kappa shape index (κ1) is 29.0. The van der Waals surface area contributed by atoms with E-state index in [-0.39, 0.29) is 30.2 Å². The van der Waals surface area contributed by atoms with Crippen LogP contribution in [0.15, 0.2) is 54.6 Å². The number of benzene rings is 1. The van der Waals surface area contributed by atoms with E-state index >= 15 is 0 Å². The molecule has 0 bridgehead atoms. The van der Waals surface area contributed by atoms with Gasteiger partial charge in [0.15, 0.2) is 0 Å². The minimum absolute atomic E-state index is 0.117. The molecule has 226 valence electrons. The van der Waals surface area contributed by atoms with Crippen molar-refractivity contribution in [1.82, 2.24) is 14.7 Å². The SMILES string of the molecule is CC(C)[C@H](CO)N1C(=O)[C@@H]2[C@H]3C(=O)N(c4ccccc4)CC=C[C@@]3(C)O[C@@]23C=CCN(CCN2CCOCC2)C(=O)C13. The molecule has 1 aromatic rings. The van der Waals surface area contributed by atoms with E-state index < -0.39 is 35.1 Å². The number of para-hydroxylation sites is 1. The molecular weight excluding hydrogens is 536 g/mol. The lowest BCUT2D eigenvalue weighted by Gasteiger charge is -2.41. The summed E-state index contributed by atoms with van der Waals surface area (Å²) in [5.74, 6) is -2.61. The molecule has 10 heteroatoms. The zero-order valence-corrected chi connectivity index (χ0v) is 24.7. The summed E-state index contributed by atoms with van der Waals surface area (Å²) in [4.78, 5) is 50.9. The Bertz CT molecular complexity index is 1260. The number of carbonyl (C=O) groups is 3. The van der Waals surface area contributed by atoms with Crippen LogP contribution in [0.2, 0.25) is 0 Å². The summed E-state index contributed by atoms with van der Waals surface area (Å²) in [5.41, 5.74) is -1.69. The van der Waals surface area contributed by atoms with Gasteiger partial charge in [0.1, 0.15) is 11.6 Å². The Labute approximate surface area is 247 Å². The van der Waals surface area contributed by atoms with Crippen LogP contribution in [-0.4, -0.2) is 120 Å². The van der Waals surface area contributed by atoms with Gasteiger partial charge in [0.05, 0.1) is 43.3 Å². The molecular formula is C32H42N4O6. The van der Waals surface area contributed by atoms with Crippen molar-refractivity contribution < 1.29 is 29.0 Å². The van der Waals surface area contributed by atoms with Gasteiger partial charge in [0, 0.05) is 45.0 Å². The highest BCUT2D eigenvalue weighted by Gasteiger charge is 2.75. The molecule has 0 radical (unpaired) electrons. The largest absolute Gasteiger partial charge is 0.394 e. The number of ether oxygens (including phenoxy) is 2. The fourth-order valence-electron chi connectivity index (χ4n) is 7.61. The highest BCUT2D eigenvalue weighted by molar-refractivity contribution is 6.04. The monoisotopic (exact) mass is 578 g/mol. The molecule has 5 aliphatic heterocycles. The van der Waals surface area contributed by atoms with E-state index in [1.807, 2.05) is 75.4 Å². The number of likely N-dealkylation sites (tertiary alicyclic amines) is 1. The number of hydrogen-bond acceptors (Lipinski definition) is 7. The van der Waals surface area contributed by atoms with Gasteiger partial charge in [-0.3, -0.25) is 19.3 Å². The van der Waals surface area contributed by atoms with E-state index in [9.17, 15) is 19.5 Å². The molecule has 1 unspecified atom stereocenters. The highest BCUT2D eigenvalue weighted by Crippen LogP contribution is 2.58. The quantitative estimate of drug-likeness (QED) is 0.487. The van der Waals surface area contributed by atoms with Gasteiger partial charge in [-0.1, -0.05) is 56.4 Å². The lowest BCUT2D eigenvalue weighted by molar-refractivity contribution is -0.155. The maximum atomic E-state index is 14.6. The maximum Gasteiger partial charge on any atom is 0.249 e. The lowest BCUT2D eigenvalue weighted by atomic mass is 9.74. The molecule has 0 aliphatic carbocycles. The lowest BCUT2D eigenvalue weighted by Crippen LogP contribution is -2.60. The second-order valence-electron chi connectivity index (χ2n) is 12.6. The molecule has 6 atom stereocenters. The standard InChI is InChI=1S/C32H42N4O6/c1-22(2)24(21-37)36-27-30(40)34(16-15-33-17-19-41-20-18-33)13-8-12-32(27)26(29(36)39)25-28(38)35(23-9-5-4-6-10-23)14-7-11-31(25,3)42-32/h4-12,22,24-27,37H,13-21H2,1-3H3/t24-,25-,26-,27?,31+,32-/m0/s1. The first-order valence-electron chi connectivity index (χ1n) is 15.2. The molecule has 1 spiro atoms. The van der Waals surface area contributed by atoms with Crippen LogP contribution in [0.1, 0.15) is 20.8 Å². The van der Waals surface area contributed by atoms with Crippen molar-refractivity contribution in [3.8, 4) is 0 Å². The van der Waals surface area contributed by atoms with Crippen LogP contribution < -0.4 is 4.90 Å². The number of carbonyl (C=O) groups excluding carboxylic acids is 3. The van der Waals surface area contributed by atoms with Crippen molar-refractivity contribution in [2.24, 2.45) is 17.8 Å². The van der Waals surface area contributed by atoms with Crippen molar-refractivity contribution in [1.29, 1.82) is 0 Å². The van der Waals surface area contributed by atoms with Crippen molar-refractivity contribution in [2.45, 2.75) is 44.1 Å². The first-order chi connectivity index (χ1) is 20.2. The average molecular weight is 579 g/mol. The number of hydrogen-bond donors (Lipinski definition) is 1. The Hall–Kier alpha value is -3.05. The van der Waals surface area contributed by atoms with Gasteiger partial charge in [-0.05, 0) is 25.0 Å². The number of rotatable bonds is 7. The number of nitrogens with zero attached hydrogens (tertiary/aromatic N) is 4. The van der Waals surface area contributed by atoms with Crippen molar-refractivity contribution in [3.05, 3.63) is 54.6 Å². The first-order valence-corrected chi connectivity index (χ1v) is 15.2. The van der Waals surface area contributed by atoms with Crippen molar-refractivity contribution >= 4 is 23.4 Å². The minimum Gasteiger partial charge on any atom is -0.394 e. The Kier molecular flexibility index (Phi) is 7.76. The van der Waals surface area contributed by atoms with E-state index in [0.29, 0.717) is 39.4 Å². The molecule has 3 amide bonds. The van der Waals surface area contributed by atoms with E-state index in [4.69, 9.17) is 9.47 Å². The molecule has 5 heterocycles. The maximum absolute atomic E-state index is 14.6. The van der Waals surface area contributed by atoms with Crippen LogP contribution in [0.25, 0.3) is 0 Å². The van der Waals surface area contributed by atoms with Crippen molar-refractivity contribution in [3.63, 3.8) is 0 Å². The summed E-state index contributed by atoms with van der Waals surface area (Å²) >= 11 is 0. The summed E-state index contributed by atoms with van der Waals surface area (Å²) in [6.07, 6.45) is 7.60. The molecule has 3 saturated heterocycles. The molecule has 42 heavy (non-hydrogen) atoms. The van der Waals surface area contributed by atoms with Crippen LogP contribution in [0.4, 0.5) is 5.69 Å². The van der Waals surface area contributed by atoms with Gasteiger partial charge in [0.2, 0.25) is 17.7 Å². The fraction of sp³-hybridized carbons (Fsp3) is 0.594. The number of amides is 3. The van der Waals surface area contributed by atoms with Crippen LogP contribution in [-0.2, 0) is 23.9 Å². The number of morpholine rings is 1. The Morgan fingerprint density at radius 1 is 0.929 bits per heavy atom. The number of fused-ring (bicyclic) bond motifs is 2. The van der Waals surface area contributed by atoms with Gasteiger partial charge in [-0.15, -0.1) is 0 Å². The average Bonchev–Trinajstić information content (AvgIpc) is 3.25. The minimum atomic E-state index is -1.34. The predicted molar refractivity (Wildman–Crippen MR) is 156 cm³/mol. The third-order valence-corrected chi connectivity index (χ3v) is 9.75. The van der Waals surface area contributed by atoms with Crippen molar-refractivity contribution in [2.75, 3.05) is 64.0 Å². The van der Waals surface area contributed by atoms with Crippen LogP contribution in [0, 0.1) is 17.8 Å². The smallest absolute Gasteiger partial charge is 0.249 e. The van der Waals surface area contributed by atoms with Crippen LogP contribution in [0.5, 0.6) is 0 Å². The molecule has 3 fully saturated rings. The van der Waals surface area contributed by atoms with E-state index in [1.54, 1.807) is 14.7 Å². The topological polar surface area (TPSA) is 103 Å². The molecule has 1 N–H and O–H groups in total. The number of anilines is 1.